The Labute approximate surface area is 89.7 Å². The minimum atomic E-state index is -0.139. The van der Waals surface area contributed by atoms with Crippen molar-refractivity contribution in [3.63, 3.8) is 0 Å². The van der Waals surface area contributed by atoms with Crippen molar-refractivity contribution >= 4 is 11.8 Å². The highest BCUT2D eigenvalue weighted by atomic mass is 16.5. The molecule has 1 heterocycles. The molecule has 1 rings (SSSR count). The summed E-state index contributed by atoms with van der Waals surface area (Å²) in [5, 5.41) is 3.12. The molecule has 0 unspecified atom stereocenters. The molecule has 1 aromatic rings. The van der Waals surface area contributed by atoms with E-state index >= 15 is 0 Å². The molecule has 0 aliphatic rings. The van der Waals surface area contributed by atoms with Crippen molar-refractivity contribution in [2.24, 2.45) is 0 Å². The number of carbonyl (C=O) groups is 1. The number of carbonyl (C=O) groups excluding carboxylic acids is 1. The number of pyridine rings is 1. The van der Waals surface area contributed by atoms with Gasteiger partial charge in [-0.05, 0) is 25.5 Å². The van der Waals surface area contributed by atoms with Crippen LogP contribution in [0.3, 0.4) is 0 Å². The van der Waals surface area contributed by atoms with E-state index in [1.807, 2.05) is 25.1 Å². The fourth-order valence-corrected chi connectivity index (χ4v) is 1.15. The van der Waals surface area contributed by atoms with Crippen molar-refractivity contribution < 1.29 is 9.53 Å². The van der Waals surface area contributed by atoms with E-state index in [0.29, 0.717) is 13.0 Å². The number of hydrogen-bond donors (Lipinski definition) is 1. The maximum absolute atomic E-state index is 11.0. The zero-order chi connectivity index (χ0) is 10.9. The molecule has 0 fully saturated rings. The average molecular weight is 208 g/mol. The molecule has 82 valence electrons. The molecule has 0 bridgehead atoms. The smallest absolute Gasteiger partial charge is 0.305 e. The van der Waals surface area contributed by atoms with Crippen LogP contribution in [-0.2, 0) is 9.53 Å². The number of ether oxygens (including phenoxy) is 1. The molecule has 0 aliphatic heterocycles. The molecule has 4 nitrogen and oxygen atoms in total. The molecule has 0 saturated carbocycles. The quantitative estimate of drug-likeness (QED) is 0.572. The van der Waals surface area contributed by atoms with Gasteiger partial charge in [0.2, 0.25) is 0 Å². The first-order chi connectivity index (χ1) is 7.33. The van der Waals surface area contributed by atoms with E-state index in [1.54, 1.807) is 6.20 Å². The molecular weight excluding hydrogens is 192 g/mol. The Bertz CT molecular complexity index is 288. The van der Waals surface area contributed by atoms with Gasteiger partial charge in [-0.1, -0.05) is 6.07 Å². The van der Waals surface area contributed by atoms with Crippen LogP contribution in [0.5, 0.6) is 0 Å². The van der Waals surface area contributed by atoms with Gasteiger partial charge in [-0.25, -0.2) is 4.98 Å². The summed E-state index contributed by atoms with van der Waals surface area (Å²) in [6.45, 7) is 2.99. The van der Waals surface area contributed by atoms with Crippen molar-refractivity contribution in [2.75, 3.05) is 18.5 Å². The van der Waals surface area contributed by atoms with E-state index in [9.17, 15) is 4.79 Å². The third-order valence-electron chi connectivity index (χ3n) is 1.83. The topological polar surface area (TPSA) is 51.2 Å². The van der Waals surface area contributed by atoms with Crippen LogP contribution in [0.2, 0.25) is 0 Å². The second kappa shape index (κ2) is 6.81. The highest BCUT2D eigenvalue weighted by Crippen LogP contribution is 2.00. The molecule has 0 radical (unpaired) electrons. The molecule has 0 spiro atoms. The van der Waals surface area contributed by atoms with Gasteiger partial charge in [-0.15, -0.1) is 0 Å². The predicted molar refractivity (Wildman–Crippen MR) is 58.6 cm³/mol. The highest BCUT2D eigenvalue weighted by Gasteiger charge is 2.00. The first-order valence-corrected chi connectivity index (χ1v) is 5.13. The number of nitrogens with zero attached hydrogens (tertiary/aromatic N) is 1. The van der Waals surface area contributed by atoms with Gasteiger partial charge < -0.3 is 10.1 Å². The van der Waals surface area contributed by atoms with E-state index in [4.69, 9.17) is 4.74 Å². The molecular formula is C11H16N2O2. The molecule has 1 aromatic heterocycles. The number of rotatable bonds is 6. The van der Waals surface area contributed by atoms with Crippen molar-refractivity contribution in [1.29, 1.82) is 0 Å². The maximum atomic E-state index is 11.0. The van der Waals surface area contributed by atoms with Crippen molar-refractivity contribution in [3.05, 3.63) is 24.4 Å². The Morgan fingerprint density at radius 2 is 2.40 bits per heavy atom. The van der Waals surface area contributed by atoms with Gasteiger partial charge in [0, 0.05) is 19.2 Å². The van der Waals surface area contributed by atoms with Crippen molar-refractivity contribution in [2.45, 2.75) is 19.8 Å². The Kier molecular flexibility index (Phi) is 5.22. The summed E-state index contributed by atoms with van der Waals surface area (Å²) in [7, 11) is 0. The van der Waals surface area contributed by atoms with Crippen LogP contribution in [0, 0.1) is 0 Å². The lowest BCUT2D eigenvalue weighted by Crippen LogP contribution is -2.08. The van der Waals surface area contributed by atoms with Gasteiger partial charge in [-0.3, -0.25) is 4.79 Å². The molecule has 0 aromatic carbocycles. The van der Waals surface area contributed by atoms with E-state index in [1.165, 1.54) is 0 Å². The third kappa shape index (κ3) is 5.00. The van der Waals surface area contributed by atoms with Crippen LogP contribution in [-0.4, -0.2) is 24.1 Å². The van der Waals surface area contributed by atoms with Crippen LogP contribution >= 0.6 is 0 Å². The molecule has 0 amide bonds. The van der Waals surface area contributed by atoms with E-state index in [0.717, 1.165) is 18.8 Å². The van der Waals surface area contributed by atoms with Gasteiger partial charge in [0.1, 0.15) is 5.82 Å². The minimum Gasteiger partial charge on any atom is -0.466 e. The predicted octanol–water partition coefficient (Wildman–Crippen LogP) is 1.84. The zero-order valence-electron chi connectivity index (χ0n) is 8.90. The summed E-state index contributed by atoms with van der Waals surface area (Å²) >= 11 is 0. The number of hydrogen-bond acceptors (Lipinski definition) is 4. The average Bonchev–Trinajstić information content (AvgIpc) is 2.26. The Balaban J connectivity index is 2.10. The Morgan fingerprint density at radius 1 is 1.53 bits per heavy atom. The van der Waals surface area contributed by atoms with Gasteiger partial charge in [-0.2, -0.15) is 0 Å². The van der Waals surface area contributed by atoms with E-state index in [2.05, 4.69) is 10.3 Å². The fourth-order valence-electron chi connectivity index (χ4n) is 1.15. The van der Waals surface area contributed by atoms with E-state index in [-0.39, 0.29) is 5.97 Å². The van der Waals surface area contributed by atoms with Crippen LogP contribution in [0.1, 0.15) is 19.8 Å². The second-order valence-electron chi connectivity index (χ2n) is 3.05. The highest BCUT2D eigenvalue weighted by molar-refractivity contribution is 5.69. The van der Waals surface area contributed by atoms with Gasteiger partial charge in [0.25, 0.3) is 0 Å². The van der Waals surface area contributed by atoms with Crippen LogP contribution in [0.15, 0.2) is 24.4 Å². The van der Waals surface area contributed by atoms with Crippen LogP contribution < -0.4 is 5.32 Å². The van der Waals surface area contributed by atoms with Gasteiger partial charge in [0.05, 0.1) is 6.61 Å². The Morgan fingerprint density at radius 3 is 3.07 bits per heavy atom. The van der Waals surface area contributed by atoms with Crippen molar-refractivity contribution in [1.82, 2.24) is 4.98 Å². The van der Waals surface area contributed by atoms with Crippen LogP contribution in [0.4, 0.5) is 5.82 Å². The molecule has 1 N–H and O–H groups in total. The molecule has 15 heavy (non-hydrogen) atoms. The van der Waals surface area contributed by atoms with Crippen molar-refractivity contribution in [3.8, 4) is 0 Å². The molecule has 0 atom stereocenters. The first kappa shape index (κ1) is 11.5. The first-order valence-electron chi connectivity index (χ1n) is 5.13. The van der Waals surface area contributed by atoms with Gasteiger partial charge in [0.15, 0.2) is 0 Å². The Hall–Kier alpha value is -1.58. The number of esters is 1. The molecule has 0 saturated heterocycles. The lowest BCUT2D eigenvalue weighted by Gasteiger charge is -2.04. The van der Waals surface area contributed by atoms with E-state index < -0.39 is 0 Å². The number of anilines is 1. The summed E-state index contributed by atoms with van der Waals surface area (Å²) in [4.78, 5) is 15.1. The lowest BCUT2D eigenvalue weighted by molar-refractivity contribution is -0.143. The fraction of sp³-hybridized carbons (Fsp3) is 0.455. The standard InChI is InChI=1S/C11H16N2O2/c1-2-15-11(14)7-5-9-13-10-6-3-4-8-12-10/h3-4,6,8H,2,5,7,9H2,1H3,(H,12,13). The summed E-state index contributed by atoms with van der Waals surface area (Å²) in [5.41, 5.74) is 0. The monoisotopic (exact) mass is 208 g/mol. The SMILES string of the molecule is CCOC(=O)CCCNc1ccccn1. The molecule has 0 aliphatic carbocycles. The third-order valence-corrected chi connectivity index (χ3v) is 1.83. The summed E-state index contributed by atoms with van der Waals surface area (Å²) in [5.74, 6) is 0.696. The lowest BCUT2D eigenvalue weighted by atomic mass is 10.3. The number of aromatic nitrogens is 1. The molecule has 4 heteroatoms. The summed E-state index contributed by atoms with van der Waals surface area (Å²) < 4.78 is 4.81. The van der Waals surface area contributed by atoms with Gasteiger partial charge >= 0.3 is 5.97 Å². The maximum Gasteiger partial charge on any atom is 0.305 e. The normalized spacial score (nSPS) is 9.67. The largest absolute Gasteiger partial charge is 0.466 e. The summed E-state index contributed by atoms with van der Waals surface area (Å²) in [6, 6.07) is 5.68. The van der Waals surface area contributed by atoms with Crippen LogP contribution in [0.25, 0.3) is 0 Å². The number of nitrogens with one attached hydrogen (secondary N) is 1. The zero-order valence-corrected chi connectivity index (χ0v) is 8.90. The second-order valence-corrected chi connectivity index (χ2v) is 3.05. The minimum absolute atomic E-state index is 0.139. The summed E-state index contributed by atoms with van der Waals surface area (Å²) in [6.07, 6.45) is 2.94.